The SMILES string of the molecule is COC(=O)[C@@H]1C[C@@H]2CC[C@H](C(F)(F)F)N[C@@H]2C[C@H]1C(=O)OC. The van der Waals surface area contributed by atoms with Crippen molar-refractivity contribution in [3.63, 3.8) is 0 Å². The summed E-state index contributed by atoms with van der Waals surface area (Å²) in [5.74, 6) is -2.57. The molecule has 126 valence electrons. The largest absolute Gasteiger partial charge is 0.469 e. The van der Waals surface area contributed by atoms with Gasteiger partial charge in [0.2, 0.25) is 0 Å². The Morgan fingerprint density at radius 1 is 1.00 bits per heavy atom. The highest BCUT2D eigenvalue weighted by molar-refractivity contribution is 5.82. The average Bonchev–Trinajstić information content (AvgIpc) is 2.50. The number of nitrogens with one attached hydrogen (secondary N) is 1. The lowest BCUT2D eigenvalue weighted by Crippen LogP contribution is -2.58. The fourth-order valence-electron chi connectivity index (χ4n) is 3.61. The van der Waals surface area contributed by atoms with E-state index in [0.29, 0.717) is 12.8 Å². The summed E-state index contributed by atoms with van der Waals surface area (Å²) in [7, 11) is 2.44. The van der Waals surface area contributed by atoms with Crippen LogP contribution in [0.3, 0.4) is 0 Å². The average molecular weight is 323 g/mol. The van der Waals surface area contributed by atoms with Crippen molar-refractivity contribution in [1.29, 1.82) is 0 Å². The number of rotatable bonds is 2. The van der Waals surface area contributed by atoms with Gasteiger partial charge in [-0.2, -0.15) is 13.2 Å². The molecule has 5 atom stereocenters. The van der Waals surface area contributed by atoms with E-state index < -0.39 is 42.0 Å². The van der Waals surface area contributed by atoms with Gasteiger partial charge >= 0.3 is 18.1 Å². The molecule has 2 fully saturated rings. The van der Waals surface area contributed by atoms with Crippen LogP contribution in [-0.2, 0) is 19.1 Å². The lowest BCUT2D eigenvalue weighted by Gasteiger charge is -2.45. The van der Waals surface area contributed by atoms with Gasteiger partial charge in [0, 0.05) is 6.04 Å². The summed E-state index contributed by atoms with van der Waals surface area (Å²) >= 11 is 0. The summed E-state index contributed by atoms with van der Waals surface area (Å²) in [4.78, 5) is 23.7. The van der Waals surface area contributed by atoms with Gasteiger partial charge in [-0.15, -0.1) is 0 Å². The van der Waals surface area contributed by atoms with Gasteiger partial charge in [0.1, 0.15) is 6.04 Å². The molecule has 5 nitrogen and oxygen atoms in total. The predicted molar refractivity (Wildman–Crippen MR) is 69.7 cm³/mol. The van der Waals surface area contributed by atoms with E-state index >= 15 is 0 Å². The molecule has 0 amide bonds. The number of ether oxygens (including phenoxy) is 2. The van der Waals surface area contributed by atoms with Crippen molar-refractivity contribution >= 4 is 11.9 Å². The van der Waals surface area contributed by atoms with Crippen molar-refractivity contribution in [1.82, 2.24) is 5.32 Å². The molecule has 1 aliphatic carbocycles. The maximum atomic E-state index is 12.9. The second-order valence-electron chi connectivity index (χ2n) is 5.94. The van der Waals surface area contributed by atoms with Gasteiger partial charge in [0.25, 0.3) is 0 Å². The number of fused-ring (bicyclic) bond motifs is 1. The Morgan fingerprint density at radius 3 is 2.05 bits per heavy atom. The van der Waals surface area contributed by atoms with Gasteiger partial charge in [-0.3, -0.25) is 9.59 Å². The van der Waals surface area contributed by atoms with E-state index in [9.17, 15) is 22.8 Å². The molecule has 0 aromatic rings. The van der Waals surface area contributed by atoms with E-state index in [1.807, 2.05) is 0 Å². The minimum atomic E-state index is -4.30. The molecule has 2 aliphatic rings. The number of carbonyl (C=O) groups is 2. The summed E-state index contributed by atoms with van der Waals surface area (Å²) in [5, 5.41) is 2.60. The third-order valence-electron chi connectivity index (χ3n) is 4.76. The van der Waals surface area contributed by atoms with Crippen molar-refractivity contribution < 1.29 is 32.2 Å². The van der Waals surface area contributed by atoms with Gasteiger partial charge in [-0.25, -0.2) is 0 Å². The van der Waals surface area contributed by atoms with Crippen LogP contribution in [-0.4, -0.2) is 44.4 Å². The number of halogens is 3. The number of carbonyl (C=O) groups excluding carboxylic acids is 2. The molecule has 0 unspecified atom stereocenters. The van der Waals surface area contributed by atoms with Crippen molar-refractivity contribution in [2.75, 3.05) is 14.2 Å². The molecule has 1 saturated heterocycles. The van der Waals surface area contributed by atoms with Crippen molar-refractivity contribution in [2.45, 2.75) is 43.9 Å². The van der Waals surface area contributed by atoms with Crippen LogP contribution < -0.4 is 5.32 Å². The quantitative estimate of drug-likeness (QED) is 0.783. The fourth-order valence-corrected chi connectivity index (χ4v) is 3.61. The second-order valence-corrected chi connectivity index (χ2v) is 5.94. The Balaban J connectivity index is 2.14. The zero-order valence-electron chi connectivity index (χ0n) is 12.5. The number of methoxy groups -OCH3 is 2. The normalized spacial score (nSPS) is 35.4. The van der Waals surface area contributed by atoms with Gasteiger partial charge in [-0.1, -0.05) is 0 Å². The van der Waals surface area contributed by atoms with E-state index in [1.165, 1.54) is 14.2 Å². The summed E-state index contributed by atoms with van der Waals surface area (Å²) in [5.41, 5.74) is 0. The van der Waals surface area contributed by atoms with Crippen LogP contribution in [0.1, 0.15) is 25.7 Å². The first-order chi connectivity index (χ1) is 10.3. The van der Waals surface area contributed by atoms with Gasteiger partial charge in [0.15, 0.2) is 0 Å². The third-order valence-corrected chi connectivity index (χ3v) is 4.76. The van der Waals surface area contributed by atoms with E-state index in [2.05, 4.69) is 5.32 Å². The molecule has 1 heterocycles. The molecule has 0 bridgehead atoms. The Hall–Kier alpha value is -1.31. The first-order valence-electron chi connectivity index (χ1n) is 7.26. The van der Waals surface area contributed by atoms with Crippen molar-refractivity contribution in [3.8, 4) is 0 Å². The molecule has 0 aromatic carbocycles. The first-order valence-corrected chi connectivity index (χ1v) is 7.26. The number of hydrogen-bond acceptors (Lipinski definition) is 5. The number of alkyl halides is 3. The first kappa shape index (κ1) is 17.1. The zero-order chi connectivity index (χ0) is 16.5. The zero-order valence-corrected chi connectivity index (χ0v) is 12.5. The van der Waals surface area contributed by atoms with Crippen LogP contribution in [0.25, 0.3) is 0 Å². The van der Waals surface area contributed by atoms with Crippen LogP contribution in [0.5, 0.6) is 0 Å². The second kappa shape index (κ2) is 6.44. The van der Waals surface area contributed by atoms with Crippen LogP contribution in [0.2, 0.25) is 0 Å². The Morgan fingerprint density at radius 2 is 1.55 bits per heavy atom. The van der Waals surface area contributed by atoms with E-state index in [-0.39, 0.29) is 18.8 Å². The van der Waals surface area contributed by atoms with Crippen LogP contribution in [0, 0.1) is 17.8 Å². The predicted octanol–water partition coefficient (Wildman–Crippen LogP) is 1.66. The minimum absolute atomic E-state index is 0.0125. The van der Waals surface area contributed by atoms with E-state index in [1.54, 1.807) is 0 Å². The van der Waals surface area contributed by atoms with Gasteiger partial charge in [-0.05, 0) is 31.6 Å². The van der Waals surface area contributed by atoms with Crippen molar-refractivity contribution in [2.24, 2.45) is 17.8 Å². The van der Waals surface area contributed by atoms with E-state index in [0.717, 1.165) is 0 Å². The smallest absolute Gasteiger partial charge is 0.403 e. The summed E-state index contributed by atoms with van der Waals surface area (Å²) in [6.07, 6.45) is -3.44. The van der Waals surface area contributed by atoms with Gasteiger partial charge in [0.05, 0.1) is 26.1 Å². The van der Waals surface area contributed by atoms with Gasteiger partial charge < -0.3 is 14.8 Å². The summed E-state index contributed by atoms with van der Waals surface area (Å²) in [6.45, 7) is 0. The molecule has 1 N–H and O–H groups in total. The summed E-state index contributed by atoms with van der Waals surface area (Å²) < 4.78 is 48.0. The monoisotopic (exact) mass is 323 g/mol. The highest BCUT2D eigenvalue weighted by Crippen LogP contribution is 2.42. The summed E-state index contributed by atoms with van der Waals surface area (Å²) in [6, 6.07) is -1.99. The Kier molecular flexibility index (Phi) is 4.99. The Bertz CT molecular complexity index is 440. The molecule has 0 radical (unpaired) electrons. The number of esters is 2. The third kappa shape index (κ3) is 3.37. The lowest BCUT2D eigenvalue weighted by molar-refractivity contribution is -0.174. The number of piperidine rings is 1. The minimum Gasteiger partial charge on any atom is -0.469 e. The highest BCUT2D eigenvalue weighted by Gasteiger charge is 2.50. The molecule has 22 heavy (non-hydrogen) atoms. The molecule has 8 heteroatoms. The molecule has 0 spiro atoms. The van der Waals surface area contributed by atoms with Crippen LogP contribution in [0.15, 0.2) is 0 Å². The number of hydrogen-bond donors (Lipinski definition) is 1. The molecule has 2 rings (SSSR count). The topological polar surface area (TPSA) is 64.6 Å². The Labute approximate surface area is 126 Å². The maximum absolute atomic E-state index is 12.9. The van der Waals surface area contributed by atoms with Crippen LogP contribution >= 0.6 is 0 Å². The highest BCUT2D eigenvalue weighted by atomic mass is 19.4. The van der Waals surface area contributed by atoms with E-state index in [4.69, 9.17) is 9.47 Å². The maximum Gasteiger partial charge on any atom is 0.403 e. The lowest BCUT2D eigenvalue weighted by atomic mass is 9.68. The fraction of sp³-hybridized carbons (Fsp3) is 0.857. The molecular weight excluding hydrogens is 303 g/mol. The molecule has 0 aromatic heterocycles. The molecule has 1 saturated carbocycles. The van der Waals surface area contributed by atoms with Crippen LogP contribution in [0.4, 0.5) is 13.2 Å². The van der Waals surface area contributed by atoms with Crippen molar-refractivity contribution in [3.05, 3.63) is 0 Å². The molecular formula is C14H20F3NO4. The molecule has 1 aliphatic heterocycles. The standard InChI is InChI=1S/C14H20F3NO4/c1-21-12(19)8-5-7-3-4-11(14(15,16)17)18-10(7)6-9(8)13(20)22-2/h7-11,18H,3-6H2,1-2H3/t7-,8+,9+,10+,11+/m0/s1.